The van der Waals surface area contributed by atoms with Crippen molar-refractivity contribution in [3.8, 4) is 5.75 Å². The minimum absolute atomic E-state index is 0.559. The van der Waals surface area contributed by atoms with Gasteiger partial charge in [-0.15, -0.1) is 0 Å². The molecule has 1 N–H and O–H groups in total. The average Bonchev–Trinajstić information content (AvgIpc) is 2.51. The monoisotopic (exact) mass is 272 g/mol. The van der Waals surface area contributed by atoms with Crippen molar-refractivity contribution in [1.29, 1.82) is 0 Å². The van der Waals surface area contributed by atoms with Crippen molar-refractivity contribution in [3.05, 3.63) is 59.9 Å². The molecule has 1 heterocycles. The highest BCUT2D eigenvalue weighted by Gasteiger charge is 1.98. The molecule has 2 aromatic rings. The second-order valence-corrected chi connectivity index (χ2v) is 4.46. The number of benzene rings is 1. The largest absolute Gasteiger partial charge is 0.489 e. The molecule has 1 aromatic carbocycles. The average molecular weight is 272 g/mol. The van der Waals surface area contributed by atoms with Crippen LogP contribution in [0.4, 0.5) is 0 Å². The van der Waals surface area contributed by atoms with Crippen LogP contribution in [-0.2, 0) is 17.9 Å². The minimum Gasteiger partial charge on any atom is -0.489 e. The van der Waals surface area contributed by atoms with Crippen LogP contribution in [-0.4, -0.2) is 25.2 Å². The molecule has 0 saturated carbocycles. The molecule has 0 fully saturated rings. The zero-order valence-electron chi connectivity index (χ0n) is 11.7. The fraction of sp³-hybridized carbons (Fsp3) is 0.312. The van der Waals surface area contributed by atoms with Gasteiger partial charge in [-0.25, -0.2) is 0 Å². The maximum Gasteiger partial charge on any atom is 0.120 e. The first-order chi connectivity index (χ1) is 9.88. The van der Waals surface area contributed by atoms with E-state index in [0.717, 1.165) is 31.0 Å². The molecule has 2 rings (SSSR count). The molecular weight excluding hydrogens is 252 g/mol. The first-order valence-electron chi connectivity index (χ1n) is 6.69. The smallest absolute Gasteiger partial charge is 0.120 e. The van der Waals surface area contributed by atoms with Crippen molar-refractivity contribution >= 4 is 0 Å². The lowest BCUT2D eigenvalue weighted by Gasteiger charge is -2.09. The van der Waals surface area contributed by atoms with Crippen LogP contribution in [0.3, 0.4) is 0 Å². The number of hydrogen-bond acceptors (Lipinski definition) is 4. The van der Waals surface area contributed by atoms with E-state index in [1.54, 1.807) is 19.5 Å². The molecule has 0 saturated heterocycles. The minimum atomic E-state index is 0.559. The standard InChI is InChI=1S/C16H20N2O2/c1-19-10-9-18-12-15-3-2-4-16(11-15)20-13-14-5-7-17-8-6-14/h2-8,11,18H,9-10,12-13H2,1H3. The first-order valence-corrected chi connectivity index (χ1v) is 6.69. The van der Waals surface area contributed by atoms with Crippen LogP contribution in [0.2, 0.25) is 0 Å². The molecule has 1 aromatic heterocycles. The summed E-state index contributed by atoms with van der Waals surface area (Å²) < 4.78 is 10.8. The van der Waals surface area contributed by atoms with Gasteiger partial charge in [0.1, 0.15) is 12.4 Å². The van der Waals surface area contributed by atoms with Crippen molar-refractivity contribution in [1.82, 2.24) is 10.3 Å². The lowest BCUT2D eigenvalue weighted by atomic mass is 10.2. The zero-order chi connectivity index (χ0) is 14.0. The van der Waals surface area contributed by atoms with Gasteiger partial charge in [-0.2, -0.15) is 0 Å². The molecule has 4 nitrogen and oxygen atoms in total. The molecule has 106 valence electrons. The predicted molar refractivity (Wildman–Crippen MR) is 78.6 cm³/mol. The summed E-state index contributed by atoms with van der Waals surface area (Å²) in [4.78, 5) is 3.99. The topological polar surface area (TPSA) is 43.4 Å². The summed E-state index contributed by atoms with van der Waals surface area (Å²) in [7, 11) is 1.70. The van der Waals surface area contributed by atoms with E-state index < -0.39 is 0 Å². The van der Waals surface area contributed by atoms with E-state index in [9.17, 15) is 0 Å². The van der Waals surface area contributed by atoms with Gasteiger partial charge in [-0.1, -0.05) is 12.1 Å². The van der Waals surface area contributed by atoms with Crippen LogP contribution < -0.4 is 10.1 Å². The summed E-state index contributed by atoms with van der Waals surface area (Å²) in [5.41, 5.74) is 2.32. The first kappa shape index (κ1) is 14.5. The molecule has 0 bridgehead atoms. The molecular formula is C16H20N2O2. The van der Waals surface area contributed by atoms with E-state index in [1.807, 2.05) is 24.3 Å². The Labute approximate surface area is 119 Å². The van der Waals surface area contributed by atoms with Crippen molar-refractivity contribution in [2.24, 2.45) is 0 Å². The normalized spacial score (nSPS) is 10.4. The second kappa shape index (κ2) is 8.30. The van der Waals surface area contributed by atoms with Gasteiger partial charge in [0.25, 0.3) is 0 Å². The molecule has 20 heavy (non-hydrogen) atoms. The van der Waals surface area contributed by atoms with Crippen LogP contribution in [0.25, 0.3) is 0 Å². The highest BCUT2D eigenvalue weighted by atomic mass is 16.5. The summed E-state index contributed by atoms with van der Waals surface area (Å²) in [6.07, 6.45) is 3.55. The number of ether oxygens (including phenoxy) is 2. The number of pyridine rings is 1. The number of aromatic nitrogens is 1. The molecule has 0 atom stereocenters. The fourth-order valence-electron chi connectivity index (χ4n) is 1.80. The fourth-order valence-corrected chi connectivity index (χ4v) is 1.80. The number of rotatable bonds is 8. The maximum atomic E-state index is 5.78. The Morgan fingerprint density at radius 1 is 1.10 bits per heavy atom. The quantitative estimate of drug-likeness (QED) is 0.749. The van der Waals surface area contributed by atoms with Gasteiger partial charge in [-0.05, 0) is 35.4 Å². The molecule has 0 aliphatic heterocycles. The van der Waals surface area contributed by atoms with E-state index in [-0.39, 0.29) is 0 Å². The highest BCUT2D eigenvalue weighted by molar-refractivity contribution is 5.28. The Hall–Kier alpha value is -1.91. The number of nitrogens with one attached hydrogen (secondary N) is 1. The number of methoxy groups -OCH3 is 1. The van der Waals surface area contributed by atoms with E-state index in [4.69, 9.17) is 9.47 Å². The molecule has 0 aliphatic rings. The molecule has 0 aliphatic carbocycles. The van der Waals surface area contributed by atoms with Gasteiger partial charge >= 0.3 is 0 Å². The molecule has 0 amide bonds. The Bertz CT molecular complexity index is 503. The Kier molecular flexibility index (Phi) is 6.02. The van der Waals surface area contributed by atoms with Crippen LogP contribution in [0.1, 0.15) is 11.1 Å². The molecule has 4 heteroatoms. The maximum absolute atomic E-state index is 5.78. The van der Waals surface area contributed by atoms with Crippen LogP contribution in [0.15, 0.2) is 48.8 Å². The molecule has 0 unspecified atom stereocenters. The van der Waals surface area contributed by atoms with E-state index >= 15 is 0 Å². The lowest BCUT2D eigenvalue weighted by Crippen LogP contribution is -2.18. The van der Waals surface area contributed by atoms with Crippen molar-refractivity contribution in [2.75, 3.05) is 20.3 Å². The summed E-state index contributed by atoms with van der Waals surface area (Å²) in [5, 5.41) is 3.31. The van der Waals surface area contributed by atoms with Gasteiger partial charge in [0.15, 0.2) is 0 Å². The number of hydrogen-bond donors (Lipinski definition) is 1. The van der Waals surface area contributed by atoms with Crippen LogP contribution in [0.5, 0.6) is 5.75 Å². The summed E-state index contributed by atoms with van der Waals surface area (Å²) in [5.74, 6) is 0.882. The van der Waals surface area contributed by atoms with Crippen LogP contribution >= 0.6 is 0 Å². The third kappa shape index (κ3) is 4.99. The third-order valence-corrected chi connectivity index (χ3v) is 2.87. The van der Waals surface area contributed by atoms with Gasteiger partial charge in [0, 0.05) is 32.6 Å². The van der Waals surface area contributed by atoms with Gasteiger partial charge in [0.2, 0.25) is 0 Å². The van der Waals surface area contributed by atoms with Gasteiger partial charge in [-0.3, -0.25) is 4.98 Å². The molecule has 0 spiro atoms. The Morgan fingerprint density at radius 3 is 2.75 bits per heavy atom. The van der Waals surface area contributed by atoms with Gasteiger partial charge in [0.05, 0.1) is 6.61 Å². The van der Waals surface area contributed by atoms with Crippen molar-refractivity contribution < 1.29 is 9.47 Å². The predicted octanol–water partition coefficient (Wildman–Crippen LogP) is 2.40. The summed E-state index contributed by atoms with van der Waals surface area (Å²) >= 11 is 0. The lowest BCUT2D eigenvalue weighted by molar-refractivity contribution is 0.199. The summed E-state index contributed by atoms with van der Waals surface area (Å²) in [6, 6.07) is 12.0. The number of nitrogens with zero attached hydrogens (tertiary/aromatic N) is 1. The Morgan fingerprint density at radius 2 is 1.95 bits per heavy atom. The van der Waals surface area contributed by atoms with E-state index in [2.05, 4.69) is 22.4 Å². The zero-order valence-corrected chi connectivity index (χ0v) is 11.7. The van der Waals surface area contributed by atoms with E-state index in [0.29, 0.717) is 6.61 Å². The van der Waals surface area contributed by atoms with Crippen LogP contribution in [0, 0.1) is 0 Å². The van der Waals surface area contributed by atoms with Crippen molar-refractivity contribution in [2.45, 2.75) is 13.2 Å². The van der Waals surface area contributed by atoms with Gasteiger partial charge < -0.3 is 14.8 Å². The SMILES string of the molecule is COCCNCc1cccc(OCc2ccncc2)c1. The molecule has 0 radical (unpaired) electrons. The third-order valence-electron chi connectivity index (χ3n) is 2.87. The summed E-state index contributed by atoms with van der Waals surface area (Å²) in [6.45, 7) is 2.94. The second-order valence-electron chi connectivity index (χ2n) is 4.46. The van der Waals surface area contributed by atoms with E-state index in [1.165, 1.54) is 5.56 Å². The Balaban J connectivity index is 1.83. The highest BCUT2D eigenvalue weighted by Crippen LogP contribution is 2.15. The van der Waals surface area contributed by atoms with Crippen molar-refractivity contribution in [3.63, 3.8) is 0 Å².